The number of benzene rings is 1. The molecule has 0 aliphatic carbocycles. The van der Waals surface area contributed by atoms with Crippen molar-refractivity contribution in [3.63, 3.8) is 0 Å². The van der Waals surface area contributed by atoms with Crippen LogP contribution in [0.5, 0.6) is 0 Å². The van der Waals surface area contributed by atoms with Gasteiger partial charge in [-0.2, -0.15) is 0 Å². The van der Waals surface area contributed by atoms with E-state index < -0.39 is 0 Å². The van der Waals surface area contributed by atoms with Crippen molar-refractivity contribution in [1.82, 2.24) is 19.7 Å². The van der Waals surface area contributed by atoms with Crippen molar-refractivity contribution < 1.29 is 4.79 Å². The first-order chi connectivity index (χ1) is 12.6. The molecule has 2 heterocycles. The second kappa shape index (κ2) is 8.33. The van der Waals surface area contributed by atoms with Gasteiger partial charge in [-0.15, -0.1) is 10.2 Å². The molecule has 1 atom stereocenters. The minimum absolute atomic E-state index is 0.103. The third kappa shape index (κ3) is 4.23. The molecular formula is C18H18ClN5OS. The third-order valence-electron chi connectivity index (χ3n) is 3.73. The zero-order valence-corrected chi connectivity index (χ0v) is 16.0. The van der Waals surface area contributed by atoms with Crippen LogP contribution in [0.25, 0.3) is 11.4 Å². The number of carbonyl (C=O) groups excluding carboxylic acids is 1. The molecule has 0 aliphatic heterocycles. The summed E-state index contributed by atoms with van der Waals surface area (Å²) in [5.41, 5.74) is 1.65. The van der Waals surface area contributed by atoms with Gasteiger partial charge in [0.15, 0.2) is 11.0 Å². The number of hydrogen-bond donors (Lipinski definition) is 1. The van der Waals surface area contributed by atoms with Crippen molar-refractivity contribution in [2.24, 2.45) is 0 Å². The lowest BCUT2D eigenvalue weighted by Gasteiger charge is -2.13. The number of aromatic nitrogens is 4. The maximum Gasteiger partial charge on any atom is 0.237 e. The molecule has 8 heteroatoms. The highest BCUT2D eigenvalue weighted by atomic mass is 35.5. The summed E-state index contributed by atoms with van der Waals surface area (Å²) in [6.45, 7) is 4.58. The van der Waals surface area contributed by atoms with Crippen LogP contribution in [0.15, 0.2) is 53.9 Å². The molecule has 0 unspecified atom stereocenters. The number of amides is 1. The highest BCUT2D eigenvalue weighted by Crippen LogP contribution is 2.27. The van der Waals surface area contributed by atoms with Crippen LogP contribution >= 0.6 is 23.4 Å². The third-order valence-corrected chi connectivity index (χ3v) is 5.07. The van der Waals surface area contributed by atoms with E-state index in [2.05, 4.69) is 20.5 Å². The molecule has 26 heavy (non-hydrogen) atoms. The molecule has 2 aromatic heterocycles. The van der Waals surface area contributed by atoms with Crippen LogP contribution in [0.3, 0.4) is 0 Å². The summed E-state index contributed by atoms with van der Waals surface area (Å²) < 4.78 is 1.99. The van der Waals surface area contributed by atoms with Crippen LogP contribution in [-0.4, -0.2) is 30.9 Å². The number of anilines is 1. The number of nitrogens with zero attached hydrogens (tertiary/aromatic N) is 4. The van der Waals surface area contributed by atoms with Gasteiger partial charge in [-0.3, -0.25) is 9.78 Å². The van der Waals surface area contributed by atoms with Crippen molar-refractivity contribution in [1.29, 1.82) is 0 Å². The van der Waals surface area contributed by atoms with Crippen molar-refractivity contribution in [3.8, 4) is 11.4 Å². The quantitative estimate of drug-likeness (QED) is 0.643. The van der Waals surface area contributed by atoms with Gasteiger partial charge in [-0.25, -0.2) is 0 Å². The van der Waals surface area contributed by atoms with Crippen LogP contribution in [0.2, 0.25) is 5.02 Å². The van der Waals surface area contributed by atoms with Gasteiger partial charge in [0.2, 0.25) is 5.91 Å². The van der Waals surface area contributed by atoms with Crippen LogP contribution in [0.1, 0.15) is 13.8 Å². The summed E-state index contributed by atoms with van der Waals surface area (Å²) in [5, 5.41) is 12.4. The number of nitrogens with one attached hydrogen (secondary N) is 1. The van der Waals surface area contributed by atoms with Crippen molar-refractivity contribution in [3.05, 3.63) is 53.8 Å². The van der Waals surface area contributed by atoms with E-state index in [1.54, 1.807) is 36.7 Å². The van der Waals surface area contributed by atoms with E-state index in [1.807, 2.05) is 30.5 Å². The molecule has 3 aromatic rings. The van der Waals surface area contributed by atoms with Crippen LogP contribution in [0.4, 0.5) is 5.69 Å². The largest absolute Gasteiger partial charge is 0.325 e. The van der Waals surface area contributed by atoms with Gasteiger partial charge >= 0.3 is 0 Å². The predicted octanol–water partition coefficient (Wildman–Crippen LogP) is 4.13. The van der Waals surface area contributed by atoms with Gasteiger partial charge in [-0.05, 0) is 50.2 Å². The summed E-state index contributed by atoms with van der Waals surface area (Å²) >= 11 is 7.24. The van der Waals surface area contributed by atoms with Crippen molar-refractivity contribution in [2.75, 3.05) is 5.32 Å². The Bertz CT molecular complexity index is 882. The summed E-state index contributed by atoms with van der Waals surface area (Å²) in [6.07, 6.45) is 3.44. The minimum atomic E-state index is -0.328. The van der Waals surface area contributed by atoms with Crippen molar-refractivity contribution in [2.45, 2.75) is 30.8 Å². The summed E-state index contributed by atoms with van der Waals surface area (Å²) in [6, 6.07) is 10.8. The second-order valence-electron chi connectivity index (χ2n) is 5.54. The Morgan fingerprint density at radius 1 is 1.19 bits per heavy atom. The minimum Gasteiger partial charge on any atom is -0.325 e. The molecule has 0 radical (unpaired) electrons. The van der Waals surface area contributed by atoms with E-state index in [9.17, 15) is 4.79 Å². The number of rotatable bonds is 6. The van der Waals surface area contributed by atoms with Gasteiger partial charge in [0.1, 0.15) is 0 Å². The molecule has 3 rings (SSSR count). The molecule has 1 aromatic carbocycles. The molecule has 1 N–H and O–H groups in total. The first kappa shape index (κ1) is 18.4. The van der Waals surface area contributed by atoms with Gasteiger partial charge in [0, 0.05) is 35.2 Å². The molecule has 0 saturated carbocycles. The first-order valence-electron chi connectivity index (χ1n) is 8.15. The Morgan fingerprint density at radius 3 is 2.54 bits per heavy atom. The molecule has 0 saturated heterocycles. The molecule has 0 aliphatic rings. The Hall–Kier alpha value is -2.38. The zero-order valence-electron chi connectivity index (χ0n) is 14.4. The monoisotopic (exact) mass is 387 g/mol. The zero-order chi connectivity index (χ0) is 18.5. The van der Waals surface area contributed by atoms with Crippen LogP contribution < -0.4 is 5.32 Å². The molecule has 1 amide bonds. The van der Waals surface area contributed by atoms with Crippen LogP contribution in [0, 0.1) is 0 Å². The van der Waals surface area contributed by atoms with Gasteiger partial charge < -0.3 is 9.88 Å². The Labute approximate surface area is 161 Å². The van der Waals surface area contributed by atoms with Crippen molar-refractivity contribution >= 4 is 35.0 Å². The second-order valence-corrected chi connectivity index (χ2v) is 7.29. The Balaban J connectivity index is 1.73. The molecule has 6 nitrogen and oxygen atoms in total. The number of carbonyl (C=O) groups is 1. The Morgan fingerprint density at radius 2 is 1.88 bits per heavy atom. The summed E-state index contributed by atoms with van der Waals surface area (Å²) in [4.78, 5) is 16.5. The lowest BCUT2D eigenvalue weighted by Crippen LogP contribution is -2.22. The van der Waals surface area contributed by atoms with E-state index in [0.29, 0.717) is 22.4 Å². The van der Waals surface area contributed by atoms with E-state index in [0.717, 1.165) is 11.4 Å². The van der Waals surface area contributed by atoms with E-state index >= 15 is 0 Å². The molecular weight excluding hydrogens is 370 g/mol. The lowest BCUT2D eigenvalue weighted by atomic mass is 10.2. The summed E-state index contributed by atoms with van der Waals surface area (Å²) in [5.74, 6) is 0.663. The standard InChI is InChI=1S/C18H18ClN5OS/c1-3-24-16(13-8-10-20-11-9-13)22-23-18(24)26-12(2)17(25)21-15-6-4-14(19)5-7-15/h4-12H,3H2,1-2H3,(H,21,25)/t12-/m1/s1. The summed E-state index contributed by atoms with van der Waals surface area (Å²) in [7, 11) is 0. The van der Waals surface area contributed by atoms with Gasteiger partial charge in [0.25, 0.3) is 0 Å². The fourth-order valence-corrected chi connectivity index (χ4v) is 3.40. The van der Waals surface area contributed by atoms with E-state index in [1.165, 1.54) is 11.8 Å². The predicted molar refractivity (Wildman–Crippen MR) is 104 cm³/mol. The van der Waals surface area contributed by atoms with Gasteiger partial charge in [0.05, 0.1) is 5.25 Å². The SMILES string of the molecule is CCn1c(S[C@H](C)C(=O)Nc2ccc(Cl)cc2)nnc1-c1ccncc1. The highest BCUT2D eigenvalue weighted by Gasteiger charge is 2.20. The van der Waals surface area contributed by atoms with Crippen LogP contribution in [-0.2, 0) is 11.3 Å². The molecule has 0 spiro atoms. The average molecular weight is 388 g/mol. The highest BCUT2D eigenvalue weighted by molar-refractivity contribution is 8.00. The maximum atomic E-state index is 12.4. The number of hydrogen-bond acceptors (Lipinski definition) is 5. The van der Waals surface area contributed by atoms with Gasteiger partial charge in [-0.1, -0.05) is 23.4 Å². The fourth-order valence-electron chi connectivity index (χ4n) is 2.36. The fraction of sp³-hybridized carbons (Fsp3) is 0.222. The normalized spacial score (nSPS) is 12.0. The molecule has 0 bridgehead atoms. The van der Waals surface area contributed by atoms with E-state index in [4.69, 9.17) is 11.6 Å². The lowest BCUT2D eigenvalue weighted by molar-refractivity contribution is -0.115. The molecule has 0 fully saturated rings. The molecule has 134 valence electrons. The maximum absolute atomic E-state index is 12.4. The topological polar surface area (TPSA) is 72.7 Å². The number of pyridine rings is 1. The number of halogens is 1. The number of thioether (sulfide) groups is 1. The average Bonchev–Trinajstić information content (AvgIpc) is 3.06. The first-order valence-corrected chi connectivity index (χ1v) is 9.41. The smallest absolute Gasteiger partial charge is 0.237 e. The Kier molecular flexibility index (Phi) is 5.90. The van der Waals surface area contributed by atoms with E-state index in [-0.39, 0.29) is 11.2 Å².